The number of carbonyl (C=O) groups is 1. The number of amides is 1. The lowest BCUT2D eigenvalue weighted by Crippen LogP contribution is -2.17. The van der Waals surface area contributed by atoms with Crippen LogP contribution in [0.4, 0.5) is 5.69 Å². The van der Waals surface area contributed by atoms with E-state index in [0.29, 0.717) is 11.3 Å². The quantitative estimate of drug-likeness (QED) is 0.724. The summed E-state index contributed by atoms with van der Waals surface area (Å²) in [7, 11) is 1.59. The number of ether oxygens (including phenoxy) is 1. The highest BCUT2D eigenvalue weighted by Crippen LogP contribution is 2.25. The number of halogens is 1. The lowest BCUT2D eigenvalue weighted by atomic mass is 10.1. The third-order valence-corrected chi connectivity index (χ3v) is 3.80. The second-order valence-electron chi connectivity index (χ2n) is 4.80. The molecule has 0 aliphatic carbocycles. The minimum Gasteiger partial charge on any atom is -0.497 e. The molecule has 22 heavy (non-hydrogen) atoms. The van der Waals surface area contributed by atoms with Crippen molar-refractivity contribution in [3.63, 3.8) is 0 Å². The first-order valence-electron chi connectivity index (χ1n) is 6.69. The number of carbonyl (C=O) groups excluding carboxylic acids is 1. The maximum atomic E-state index is 12.2. The average molecular weight is 316 g/mol. The van der Waals surface area contributed by atoms with Crippen LogP contribution in [0.3, 0.4) is 0 Å². The van der Waals surface area contributed by atoms with Gasteiger partial charge in [-0.15, -0.1) is 11.6 Å². The maximum absolute atomic E-state index is 12.2. The number of H-pyrrole nitrogens is 1. The van der Waals surface area contributed by atoms with Crippen LogP contribution < -0.4 is 10.1 Å². The van der Waals surface area contributed by atoms with E-state index in [2.05, 4.69) is 15.5 Å². The van der Waals surface area contributed by atoms with E-state index in [1.54, 1.807) is 37.6 Å². The SMILES string of the molecule is COc1ccc(C(Cl)C(=O)Nc2ccc3cn[nH]c3c2)cc1. The Balaban J connectivity index is 1.74. The fourth-order valence-electron chi connectivity index (χ4n) is 2.14. The molecule has 0 fully saturated rings. The minimum absolute atomic E-state index is 0.286. The maximum Gasteiger partial charge on any atom is 0.246 e. The highest BCUT2D eigenvalue weighted by atomic mass is 35.5. The van der Waals surface area contributed by atoms with Crippen LogP contribution in [0.15, 0.2) is 48.7 Å². The predicted octanol–water partition coefficient (Wildman–Crippen LogP) is 3.49. The molecule has 3 rings (SSSR count). The first-order valence-corrected chi connectivity index (χ1v) is 7.13. The fourth-order valence-corrected chi connectivity index (χ4v) is 2.34. The van der Waals surface area contributed by atoms with Gasteiger partial charge < -0.3 is 10.1 Å². The van der Waals surface area contributed by atoms with Crippen LogP contribution in [0, 0.1) is 0 Å². The van der Waals surface area contributed by atoms with Crippen LogP contribution in [0.2, 0.25) is 0 Å². The van der Waals surface area contributed by atoms with Crippen molar-refractivity contribution in [2.45, 2.75) is 5.38 Å². The van der Waals surface area contributed by atoms with Gasteiger partial charge in [0.1, 0.15) is 11.1 Å². The highest BCUT2D eigenvalue weighted by molar-refractivity contribution is 6.32. The molecule has 0 spiro atoms. The smallest absolute Gasteiger partial charge is 0.246 e. The summed E-state index contributed by atoms with van der Waals surface area (Å²) in [5, 5.41) is 9.81. The number of nitrogens with one attached hydrogen (secondary N) is 2. The van der Waals surface area contributed by atoms with Gasteiger partial charge in [-0.1, -0.05) is 12.1 Å². The van der Waals surface area contributed by atoms with Gasteiger partial charge >= 0.3 is 0 Å². The molecule has 0 aliphatic rings. The Bertz CT molecular complexity index is 799. The van der Waals surface area contributed by atoms with Gasteiger partial charge in [0.2, 0.25) is 5.91 Å². The van der Waals surface area contributed by atoms with Gasteiger partial charge in [0.25, 0.3) is 0 Å². The van der Waals surface area contributed by atoms with Crippen molar-refractivity contribution in [3.8, 4) is 5.75 Å². The number of rotatable bonds is 4. The summed E-state index contributed by atoms with van der Waals surface area (Å²) >= 11 is 6.23. The van der Waals surface area contributed by atoms with Gasteiger partial charge in [0.15, 0.2) is 0 Å². The van der Waals surface area contributed by atoms with Gasteiger partial charge in [-0.2, -0.15) is 5.10 Å². The van der Waals surface area contributed by atoms with E-state index in [9.17, 15) is 4.79 Å². The Morgan fingerprint density at radius 1 is 1.27 bits per heavy atom. The van der Waals surface area contributed by atoms with Crippen LogP contribution in [0.5, 0.6) is 5.75 Å². The Morgan fingerprint density at radius 3 is 2.77 bits per heavy atom. The van der Waals surface area contributed by atoms with Crippen molar-refractivity contribution in [1.82, 2.24) is 10.2 Å². The van der Waals surface area contributed by atoms with E-state index >= 15 is 0 Å². The Labute approximate surface area is 132 Å². The largest absolute Gasteiger partial charge is 0.497 e. The molecular formula is C16H14ClN3O2. The number of hydrogen-bond donors (Lipinski definition) is 2. The summed E-state index contributed by atoms with van der Waals surface area (Å²) in [6.45, 7) is 0. The molecule has 0 saturated heterocycles. The second-order valence-corrected chi connectivity index (χ2v) is 5.23. The van der Waals surface area contributed by atoms with Gasteiger partial charge in [-0.25, -0.2) is 0 Å². The van der Waals surface area contributed by atoms with Crippen LogP contribution in [0.1, 0.15) is 10.9 Å². The fraction of sp³-hybridized carbons (Fsp3) is 0.125. The lowest BCUT2D eigenvalue weighted by molar-refractivity contribution is -0.116. The third kappa shape index (κ3) is 2.89. The molecule has 2 aromatic carbocycles. The van der Waals surface area contributed by atoms with E-state index in [1.807, 2.05) is 18.2 Å². The first kappa shape index (κ1) is 14.4. The van der Waals surface area contributed by atoms with Crippen LogP contribution >= 0.6 is 11.6 Å². The number of methoxy groups -OCH3 is 1. The number of anilines is 1. The number of alkyl halides is 1. The number of aromatic nitrogens is 2. The molecule has 5 nitrogen and oxygen atoms in total. The summed E-state index contributed by atoms with van der Waals surface area (Å²) in [4.78, 5) is 12.2. The average Bonchev–Trinajstić information content (AvgIpc) is 3.02. The molecule has 6 heteroatoms. The van der Waals surface area contributed by atoms with Crippen molar-refractivity contribution in [2.24, 2.45) is 0 Å². The number of benzene rings is 2. The summed E-state index contributed by atoms with van der Waals surface area (Å²) in [6.07, 6.45) is 1.72. The summed E-state index contributed by atoms with van der Waals surface area (Å²) in [5.41, 5.74) is 2.23. The van der Waals surface area contributed by atoms with Gasteiger partial charge in [-0.05, 0) is 35.9 Å². The zero-order chi connectivity index (χ0) is 15.5. The first-order chi connectivity index (χ1) is 10.7. The van der Waals surface area contributed by atoms with Crippen molar-refractivity contribution < 1.29 is 9.53 Å². The van der Waals surface area contributed by atoms with E-state index in [0.717, 1.165) is 16.7 Å². The molecular weight excluding hydrogens is 302 g/mol. The minimum atomic E-state index is -0.775. The van der Waals surface area contributed by atoms with E-state index in [1.165, 1.54) is 0 Å². The van der Waals surface area contributed by atoms with Crippen molar-refractivity contribution >= 4 is 34.1 Å². The molecule has 0 radical (unpaired) electrons. The van der Waals surface area contributed by atoms with E-state index in [-0.39, 0.29) is 5.91 Å². The van der Waals surface area contributed by atoms with Crippen molar-refractivity contribution in [2.75, 3.05) is 12.4 Å². The number of fused-ring (bicyclic) bond motifs is 1. The van der Waals surface area contributed by atoms with Crippen LogP contribution in [-0.2, 0) is 4.79 Å². The summed E-state index contributed by atoms with van der Waals surface area (Å²) < 4.78 is 5.09. The summed E-state index contributed by atoms with van der Waals surface area (Å²) in [6, 6.07) is 12.6. The molecule has 0 bridgehead atoms. The molecule has 1 atom stereocenters. The van der Waals surface area contributed by atoms with Gasteiger partial charge in [0, 0.05) is 11.1 Å². The predicted molar refractivity (Wildman–Crippen MR) is 86.3 cm³/mol. The Kier molecular flexibility index (Phi) is 3.98. The molecule has 3 aromatic rings. The number of nitrogens with zero attached hydrogens (tertiary/aromatic N) is 1. The topological polar surface area (TPSA) is 67.0 Å². The Hall–Kier alpha value is -2.53. The molecule has 0 saturated carbocycles. The third-order valence-electron chi connectivity index (χ3n) is 3.35. The number of hydrogen-bond acceptors (Lipinski definition) is 3. The van der Waals surface area contributed by atoms with Crippen molar-refractivity contribution in [3.05, 3.63) is 54.2 Å². The Morgan fingerprint density at radius 2 is 2.05 bits per heavy atom. The highest BCUT2D eigenvalue weighted by Gasteiger charge is 2.18. The number of aromatic amines is 1. The molecule has 2 N–H and O–H groups in total. The monoisotopic (exact) mass is 315 g/mol. The molecule has 1 aromatic heterocycles. The summed E-state index contributed by atoms with van der Waals surface area (Å²) in [5.74, 6) is 0.434. The van der Waals surface area contributed by atoms with Crippen LogP contribution in [0.25, 0.3) is 10.9 Å². The molecule has 0 aliphatic heterocycles. The zero-order valence-corrected chi connectivity index (χ0v) is 12.6. The van der Waals surface area contributed by atoms with Crippen molar-refractivity contribution in [1.29, 1.82) is 0 Å². The lowest BCUT2D eigenvalue weighted by Gasteiger charge is -2.11. The molecule has 1 heterocycles. The second kappa shape index (κ2) is 6.07. The van der Waals surface area contributed by atoms with E-state index in [4.69, 9.17) is 16.3 Å². The zero-order valence-electron chi connectivity index (χ0n) is 11.8. The van der Waals surface area contributed by atoms with Crippen LogP contribution in [-0.4, -0.2) is 23.2 Å². The van der Waals surface area contributed by atoms with Gasteiger partial charge in [-0.3, -0.25) is 9.89 Å². The van der Waals surface area contributed by atoms with Gasteiger partial charge in [0.05, 0.1) is 18.8 Å². The van der Waals surface area contributed by atoms with E-state index < -0.39 is 5.38 Å². The molecule has 1 unspecified atom stereocenters. The standard InChI is InChI=1S/C16H14ClN3O2/c1-22-13-6-3-10(4-7-13)15(17)16(21)19-12-5-2-11-9-18-20-14(11)8-12/h2-9,15H,1H3,(H,18,20)(H,19,21). The molecule has 112 valence electrons. The normalized spacial score (nSPS) is 12.1. The molecule has 1 amide bonds.